The first kappa shape index (κ1) is 20.9. The van der Waals surface area contributed by atoms with Crippen LogP contribution in [0.5, 0.6) is 11.5 Å². The SMILES string of the molecule is COc1ccc(-c2cc(C(=O)NC[C@@H](c3ccc(OC)cc3)N3CCCC3)no2)cc1. The smallest absolute Gasteiger partial charge is 0.273 e. The minimum Gasteiger partial charge on any atom is -0.497 e. The Hall–Kier alpha value is -3.32. The largest absolute Gasteiger partial charge is 0.497 e. The Morgan fingerprint density at radius 3 is 2.26 bits per heavy atom. The summed E-state index contributed by atoms with van der Waals surface area (Å²) in [5.74, 6) is 1.87. The van der Waals surface area contributed by atoms with Crippen molar-refractivity contribution in [2.45, 2.75) is 18.9 Å². The maximum Gasteiger partial charge on any atom is 0.273 e. The molecular weight excluding hydrogens is 394 g/mol. The molecule has 162 valence electrons. The predicted molar refractivity (Wildman–Crippen MR) is 117 cm³/mol. The molecule has 31 heavy (non-hydrogen) atoms. The normalized spacial score (nSPS) is 14.9. The van der Waals surface area contributed by atoms with Crippen molar-refractivity contribution >= 4 is 5.91 Å². The minimum absolute atomic E-state index is 0.102. The molecule has 1 aliphatic rings. The Labute approximate surface area is 181 Å². The van der Waals surface area contributed by atoms with E-state index < -0.39 is 0 Å². The van der Waals surface area contributed by atoms with E-state index in [1.54, 1.807) is 20.3 Å². The molecule has 1 aromatic heterocycles. The molecule has 7 nitrogen and oxygen atoms in total. The van der Waals surface area contributed by atoms with Crippen LogP contribution in [-0.4, -0.2) is 49.8 Å². The third-order valence-electron chi connectivity index (χ3n) is 5.66. The van der Waals surface area contributed by atoms with Gasteiger partial charge in [0.15, 0.2) is 11.5 Å². The van der Waals surface area contributed by atoms with Gasteiger partial charge in [0.2, 0.25) is 0 Å². The van der Waals surface area contributed by atoms with Gasteiger partial charge in [0.1, 0.15) is 11.5 Å². The van der Waals surface area contributed by atoms with E-state index in [0.717, 1.165) is 35.7 Å². The van der Waals surface area contributed by atoms with E-state index in [-0.39, 0.29) is 17.6 Å². The van der Waals surface area contributed by atoms with Gasteiger partial charge in [0, 0.05) is 18.2 Å². The zero-order valence-corrected chi connectivity index (χ0v) is 17.8. The summed E-state index contributed by atoms with van der Waals surface area (Å²) in [4.78, 5) is 15.2. The van der Waals surface area contributed by atoms with E-state index in [9.17, 15) is 4.79 Å². The van der Waals surface area contributed by atoms with Crippen LogP contribution in [0, 0.1) is 0 Å². The standard InChI is InChI=1S/C24H27N3O4/c1-29-19-9-5-17(6-10-19)22(27-13-3-4-14-27)16-25-24(28)21-15-23(31-26-21)18-7-11-20(30-2)12-8-18/h5-12,15,22H,3-4,13-14,16H2,1-2H3,(H,25,28)/t22-/m0/s1. The molecule has 1 N–H and O–H groups in total. The lowest BCUT2D eigenvalue weighted by Crippen LogP contribution is -2.36. The van der Waals surface area contributed by atoms with Gasteiger partial charge >= 0.3 is 0 Å². The zero-order valence-electron chi connectivity index (χ0n) is 17.8. The summed E-state index contributed by atoms with van der Waals surface area (Å²) in [6.45, 7) is 2.55. The number of carbonyl (C=O) groups is 1. The molecule has 1 fully saturated rings. The summed E-state index contributed by atoms with van der Waals surface area (Å²) >= 11 is 0. The van der Waals surface area contributed by atoms with E-state index in [0.29, 0.717) is 12.3 Å². The molecule has 0 radical (unpaired) electrons. The summed E-state index contributed by atoms with van der Waals surface area (Å²) in [5.41, 5.74) is 2.25. The second kappa shape index (κ2) is 9.66. The summed E-state index contributed by atoms with van der Waals surface area (Å²) < 4.78 is 15.8. The highest BCUT2D eigenvalue weighted by Gasteiger charge is 2.25. The number of benzene rings is 2. The molecule has 0 bridgehead atoms. The van der Waals surface area contributed by atoms with Crippen LogP contribution in [0.2, 0.25) is 0 Å². The number of hydrogen-bond donors (Lipinski definition) is 1. The van der Waals surface area contributed by atoms with Gasteiger partial charge in [-0.3, -0.25) is 9.69 Å². The Morgan fingerprint density at radius 1 is 1.03 bits per heavy atom. The molecule has 0 spiro atoms. The van der Waals surface area contributed by atoms with E-state index in [2.05, 4.69) is 27.5 Å². The molecular formula is C24H27N3O4. The number of nitrogens with zero attached hydrogens (tertiary/aromatic N) is 2. The molecule has 0 saturated carbocycles. The second-order valence-electron chi connectivity index (χ2n) is 7.55. The van der Waals surface area contributed by atoms with Crippen molar-refractivity contribution in [3.05, 3.63) is 65.9 Å². The zero-order chi connectivity index (χ0) is 21.6. The van der Waals surface area contributed by atoms with Crippen LogP contribution in [0.15, 0.2) is 59.1 Å². The van der Waals surface area contributed by atoms with Crippen molar-refractivity contribution < 1.29 is 18.8 Å². The number of ether oxygens (including phenoxy) is 2. The third-order valence-corrected chi connectivity index (χ3v) is 5.66. The fourth-order valence-corrected chi connectivity index (χ4v) is 3.89. The quantitative estimate of drug-likeness (QED) is 0.594. The van der Waals surface area contributed by atoms with Crippen molar-refractivity contribution in [3.8, 4) is 22.8 Å². The fraction of sp³-hybridized carbons (Fsp3) is 0.333. The number of carbonyl (C=O) groups excluding carboxylic acids is 1. The van der Waals surface area contributed by atoms with Gasteiger partial charge < -0.3 is 19.3 Å². The molecule has 2 heterocycles. The van der Waals surface area contributed by atoms with Crippen LogP contribution < -0.4 is 14.8 Å². The Kier molecular flexibility index (Phi) is 6.52. The lowest BCUT2D eigenvalue weighted by Gasteiger charge is -2.28. The van der Waals surface area contributed by atoms with Crippen molar-refractivity contribution in [2.24, 2.45) is 0 Å². The second-order valence-corrected chi connectivity index (χ2v) is 7.55. The summed E-state index contributed by atoms with van der Waals surface area (Å²) in [5, 5.41) is 6.99. The average molecular weight is 421 g/mol. The Balaban J connectivity index is 1.44. The average Bonchev–Trinajstić information content (AvgIpc) is 3.52. The number of likely N-dealkylation sites (tertiary alicyclic amines) is 1. The van der Waals surface area contributed by atoms with Crippen LogP contribution in [0.1, 0.15) is 34.9 Å². The van der Waals surface area contributed by atoms with Gasteiger partial charge in [-0.25, -0.2) is 0 Å². The molecule has 4 rings (SSSR count). The monoisotopic (exact) mass is 421 g/mol. The van der Waals surface area contributed by atoms with Crippen LogP contribution in [-0.2, 0) is 0 Å². The summed E-state index contributed by atoms with van der Waals surface area (Å²) in [6, 6.07) is 17.2. The molecule has 1 amide bonds. The number of hydrogen-bond acceptors (Lipinski definition) is 6. The molecule has 3 aromatic rings. The van der Waals surface area contributed by atoms with Crippen molar-refractivity contribution in [1.82, 2.24) is 15.4 Å². The van der Waals surface area contributed by atoms with E-state index >= 15 is 0 Å². The Bertz CT molecular complexity index is 992. The van der Waals surface area contributed by atoms with Crippen molar-refractivity contribution in [1.29, 1.82) is 0 Å². The van der Waals surface area contributed by atoms with Gasteiger partial charge in [0.05, 0.1) is 20.3 Å². The first-order valence-corrected chi connectivity index (χ1v) is 10.5. The molecule has 1 aliphatic heterocycles. The topological polar surface area (TPSA) is 76.8 Å². The lowest BCUT2D eigenvalue weighted by molar-refractivity contribution is 0.0929. The third kappa shape index (κ3) is 4.88. The molecule has 0 aliphatic carbocycles. The first-order valence-electron chi connectivity index (χ1n) is 10.5. The van der Waals surface area contributed by atoms with Gasteiger partial charge in [-0.15, -0.1) is 0 Å². The number of amides is 1. The lowest BCUT2D eigenvalue weighted by atomic mass is 10.1. The summed E-state index contributed by atoms with van der Waals surface area (Å²) in [7, 11) is 3.28. The maximum absolute atomic E-state index is 12.7. The minimum atomic E-state index is -0.249. The number of nitrogens with one attached hydrogen (secondary N) is 1. The highest BCUT2D eigenvalue weighted by Crippen LogP contribution is 2.27. The molecule has 1 saturated heterocycles. The number of rotatable bonds is 8. The molecule has 2 aromatic carbocycles. The molecule has 0 unspecified atom stereocenters. The van der Waals surface area contributed by atoms with Gasteiger partial charge in [-0.05, 0) is 67.9 Å². The summed E-state index contributed by atoms with van der Waals surface area (Å²) in [6.07, 6.45) is 2.35. The predicted octanol–water partition coefficient (Wildman–Crippen LogP) is 3.93. The van der Waals surface area contributed by atoms with Crippen molar-refractivity contribution in [2.75, 3.05) is 33.9 Å². The van der Waals surface area contributed by atoms with E-state index in [1.807, 2.05) is 36.4 Å². The highest BCUT2D eigenvalue weighted by molar-refractivity contribution is 5.93. The van der Waals surface area contributed by atoms with Crippen LogP contribution in [0.4, 0.5) is 0 Å². The highest BCUT2D eigenvalue weighted by atomic mass is 16.5. The molecule has 1 atom stereocenters. The Morgan fingerprint density at radius 2 is 1.65 bits per heavy atom. The molecule has 7 heteroatoms. The van der Waals surface area contributed by atoms with Gasteiger partial charge in [-0.2, -0.15) is 0 Å². The first-order chi connectivity index (χ1) is 15.2. The van der Waals surface area contributed by atoms with Gasteiger partial charge in [-0.1, -0.05) is 17.3 Å². The maximum atomic E-state index is 12.7. The number of methoxy groups -OCH3 is 2. The van der Waals surface area contributed by atoms with Crippen LogP contribution in [0.25, 0.3) is 11.3 Å². The number of aromatic nitrogens is 1. The van der Waals surface area contributed by atoms with E-state index in [4.69, 9.17) is 14.0 Å². The van der Waals surface area contributed by atoms with Crippen LogP contribution in [0.3, 0.4) is 0 Å². The fourth-order valence-electron chi connectivity index (χ4n) is 3.89. The van der Waals surface area contributed by atoms with Gasteiger partial charge in [0.25, 0.3) is 5.91 Å². The van der Waals surface area contributed by atoms with E-state index in [1.165, 1.54) is 12.8 Å². The van der Waals surface area contributed by atoms with Crippen LogP contribution >= 0.6 is 0 Å². The van der Waals surface area contributed by atoms with Crippen molar-refractivity contribution in [3.63, 3.8) is 0 Å².